The number of rotatable bonds is 7. The van der Waals surface area contributed by atoms with Gasteiger partial charge in [-0.3, -0.25) is 4.90 Å². The number of aryl methyl sites for hydroxylation is 1. The SMILES string of the molecule is Cc1cccc(-c2nnc(CN(CCCO)C(C)C)o2)c1. The lowest BCUT2D eigenvalue weighted by atomic mass is 10.1. The van der Waals surface area contributed by atoms with Gasteiger partial charge in [0.1, 0.15) is 0 Å². The number of hydrogen-bond acceptors (Lipinski definition) is 5. The van der Waals surface area contributed by atoms with Gasteiger partial charge in [0.05, 0.1) is 6.54 Å². The average Bonchev–Trinajstić information content (AvgIpc) is 2.91. The Kier molecular flexibility index (Phi) is 5.47. The minimum absolute atomic E-state index is 0.196. The molecule has 0 aliphatic heterocycles. The van der Waals surface area contributed by atoms with E-state index in [0.717, 1.165) is 18.5 Å². The van der Waals surface area contributed by atoms with Gasteiger partial charge in [-0.25, -0.2) is 0 Å². The topological polar surface area (TPSA) is 62.4 Å². The molecule has 0 atom stereocenters. The van der Waals surface area contributed by atoms with Crippen LogP contribution in [0.3, 0.4) is 0 Å². The number of hydrogen-bond donors (Lipinski definition) is 1. The van der Waals surface area contributed by atoms with Gasteiger partial charge in [0.25, 0.3) is 0 Å². The lowest BCUT2D eigenvalue weighted by Crippen LogP contribution is -2.31. The second-order valence-corrected chi connectivity index (χ2v) is 5.51. The zero-order chi connectivity index (χ0) is 15.2. The molecule has 2 rings (SSSR count). The third kappa shape index (κ3) is 4.37. The molecule has 0 unspecified atom stereocenters. The highest BCUT2D eigenvalue weighted by Crippen LogP contribution is 2.19. The Morgan fingerprint density at radius 3 is 2.76 bits per heavy atom. The van der Waals surface area contributed by atoms with Gasteiger partial charge >= 0.3 is 0 Å². The Balaban J connectivity index is 2.08. The standard InChI is InChI=1S/C16H23N3O2/c1-12(2)19(8-5-9-20)11-15-17-18-16(21-15)14-7-4-6-13(3)10-14/h4,6-7,10,12,20H,5,8-9,11H2,1-3H3. The van der Waals surface area contributed by atoms with E-state index in [2.05, 4.69) is 28.9 Å². The highest BCUT2D eigenvalue weighted by Gasteiger charge is 2.15. The first kappa shape index (κ1) is 15.7. The van der Waals surface area contributed by atoms with Crippen LogP contribution in [-0.2, 0) is 6.54 Å². The molecule has 0 aliphatic rings. The first-order chi connectivity index (χ1) is 10.1. The highest BCUT2D eigenvalue weighted by atomic mass is 16.4. The van der Waals surface area contributed by atoms with Crippen LogP contribution in [0.15, 0.2) is 28.7 Å². The Morgan fingerprint density at radius 2 is 2.10 bits per heavy atom. The van der Waals surface area contributed by atoms with E-state index in [-0.39, 0.29) is 6.61 Å². The molecule has 5 nitrogen and oxygen atoms in total. The van der Waals surface area contributed by atoms with Gasteiger partial charge in [-0.15, -0.1) is 10.2 Å². The van der Waals surface area contributed by atoms with Crippen LogP contribution >= 0.6 is 0 Å². The van der Waals surface area contributed by atoms with Gasteiger partial charge in [0, 0.05) is 24.8 Å². The minimum atomic E-state index is 0.196. The van der Waals surface area contributed by atoms with Crippen LogP contribution in [0.2, 0.25) is 0 Å². The molecule has 21 heavy (non-hydrogen) atoms. The molecule has 1 N–H and O–H groups in total. The number of aromatic nitrogens is 2. The number of aliphatic hydroxyl groups excluding tert-OH is 1. The molecule has 0 saturated heterocycles. The van der Waals surface area contributed by atoms with Crippen molar-refractivity contribution in [1.29, 1.82) is 0 Å². The molecule has 0 amide bonds. The number of benzene rings is 1. The third-order valence-electron chi connectivity index (χ3n) is 3.40. The van der Waals surface area contributed by atoms with E-state index in [1.807, 2.05) is 31.2 Å². The molecule has 5 heteroatoms. The molecule has 1 heterocycles. The molecular formula is C16H23N3O2. The first-order valence-electron chi connectivity index (χ1n) is 7.34. The fraction of sp³-hybridized carbons (Fsp3) is 0.500. The zero-order valence-corrected chi connectivity index (χ0v) is 12.9. The first-order valence-corrected chi connectivity index (χ1v) is 7.34. The summed E-state index contributed by atoms with van der Waals surface area (Å²) in [6.07, 6.45) is 0.747. The lowest BCUT2D eigenvalue weighted by Gasteiger charge is -2.24. The van der Waals surface area contributed by atoms with Crippen molar-refractivity contribution in [3.63, 3.8) is 0 Å². The predicted octanol–water partition coefficient (Wildman–Crippen LogP) is 2.64. The average molecular weight is 289 g/mol. The smallest absolute Gasteiger partial charge is 0.247 e. The normalized spacial score (nSPS) is 11.5. The molecule has 0 spiro atoms. The predicted molar refractivity (Wildman–Crippen MR) is 81.7 cm³/mol. The molecule has 1 aromatic heterocycles. The summed E-state index contributed by atoms with van der Waals surface area (Å²) in [5.74, 6) is 1.16. The quantitative estimate of drug-likeness (QED) is 0.849. The van der Waals surface area contributed by atoms with Crippen LogP contribution in [0.5, 0.6) is 0 Å². The maximum atomic E-state index is 8.96. The fourth-order valence-electron chi connectivity index (χ4n) is 2.18. The number of nitrogens with zero attached hydrogens (tertiary/aromatic N) is 3. The van der Waals surface area contributed by atoms with Crippen LogP contribution in [0.25, 0.3) is 11.5 Å². The molecule has 0 aliphatic carbocycles. The monoisotopic (exact) mass is 289 g/mol. The summed E-state index contributed by atoms with van der Waals surface area (Å²) in [6.45, 7) is 7.90. The molecule has 0 fully saturated rings. The van der Waals surface area contributed by atoms with Crippen LogP contribution in [0.1, 0.15) is 31.7 Å². The number of aliphatic hydroxyl groups is 1. The fourth-order valence-corrected chi connectivity index (χ4v) is 2.18. The van der Waals surface area contributed by atoms with Gasteiger partial charge in [0.15, 0.2) is 0 Å². The van der Waals surface area contributed by atoms with Gasteiger partial charge in [-0.2, -0.15) is 0 Å². The Hall–Kier alpha value is -1.72. The molecule has 0 radical (unpaired) electrons. The van der Waals surface area contributed by atoms with E-state index < -0.39 is 0 Å². The molecule has 0 saturated carbocycles. The van der Waals surface area contributed by atoms with Crippen molar-refractivity contribution in [3.05, 3.63) is 35.7 Å². The van der Waals surface area contributed by atoms with E-state index >= 15 is 0 Å². The Morgan fingerprint density at radius 1 is 1.29 bits per heavy atom. The van der Waals surface area contributed by atoms with Gasteiger partial charge in [-0.05, 0) is 39.3 Å². The van der Waals surface area contributed by atoms with Crippen LogP contribution in [-0.4, -0.2) is 39.4 Å². The molecule has 1 aromatic carbocycles. The van der Waals surface area contributed by atoms with E-state index in [1.54, 1.807) is 0 Å². The molecule has 2 aromatic rings. The van der Waals surface area contributed by atoms with E-state index in [9.17, 15) is 0 Å². The van der Waals surface area contributed by atoms with Crippen molar-refractivity contribution in [3.8, 4) is 11.5 Å². The van der Waals surface area contributed by atoms with Crippen molar-refractivity contribution in [2.24, 2.45) is 0 Å². The lowest BCUT2D eigenvalue weighted by molar-refractivity contribution is 0.171. The van der Waals surface area contributed by atoms with Gasteiger partial charge in [-0.1, -0.05) is 17.7 Å². The van der Waals surface area contributed by atoms with Crippen molar-refractivity contribution >= 4 is 0 Å². The van der Waals surface area contributed by atoms with Crippen molar-refractivity contribution in [2.45, 2.75) is 39.8 Å². The maximum absolute atomic E-state index is 8.96. The van der Waals surface area contributed by atoms with Crippen LogP contribution < -0.4 is 0 Å². The summed E-state index contributed by atoms with van der Waals surface area (Å²) in [5, 5.41) is 17.2. The molecule has 114 valence electrons. The van der Waals surface area contributed by atoms with Crippen molar-refractivity contribution in [2.75, 3.05) is 13.2 Å². The summed E-state index contributed by atoms with van der Waals surface area (Å²) >= 11 is 0. The second kappa shape index (κ2) is 7.33. The summed E-state index contributed by atoms with van der Waals surface area (Å²) in [4.78, 5) is 2.21. The zero-order valence-electron chi connectivity index (χ0n) is 12.9. The Bertz CT molecular complexity index is 566. The van der Waals surface area contributed by atoms with Crippen LogP contribution in [0.4, 0.5) is 0 Å². The summed E-state index contributed by atoms with van der Waals surface area (Å²) in [5.41, 5.74) is 2.11. The van der Waals surface area contributed by atoms with E-state index in [0.29, 0.717) is 24.4 Å². The van der Waals surface area contributed by atoms with Crippen molar-refractivity contribution in [1.82, 2.24) is 15.1 Å². The largest absolute Gasteiger partial charge is 0.419 e. The van der Waals surface area contributed by atoms with E-state index in [1.165, 1.54) is 5.56 Å². The highest BCUT2D eigenvalue weighted by molar-refractivity contribution is 5.53. The summed E-state index contributed by atoms with van der Waals surface area (Å²) < 4.78 is 5.76. The summed E-state index contributed by atoms with van der Waals surface area (Å²) in [7, 11) is 0. The second-order valence-electron chi connectivity index (χ2n) is 5.51. The minimum Gasteiger partial charge on any atom is -0.419 e. The molecule has 0 bridgehead atoms. The Labute approximate surface area is 125 Å². The van der Waals surface area contributed by atoms with E-state index in [4.69, 9.17) is 9.52 Å². The summed E-state index contributed by atoms with van der Waals surface area (Å²) in [6, 6.07) is 8.39. The third-order valence-corrected chi connectivity index (χ3v) is 3.40. The van der Waals surface area contributed by atoms with Crippen LogP contribution in [0, 0.1) is 6.92 Å². The maximum Gasteiger partial charge on any atom is 0.247 e. The van der Waals surface area contributed by atoms with Crippen molar-refractivity contribution < 1.29 is 9.52 Å². The van der Waals surface area contributed by atoms with Gasteiger partial charge in [0.2, 0.25) is 11.8 Å². The molecular weight excluding hydrogens is 266 g/mol. The van der Waals surface area contributed by atoms with Gasteiger partial charge < -0.3 is 9.52 Å².